The third kappa shape index (κ3) is 0.979. The van der Waals surface area contributed by atoms with Gasteiger partial charge in [-0.1, -0.05) is 24.3 Å². The van der Waals surface area contributed by atoms with Crippen molar-refractivity contribution in [3.8, 4) is 0 Å². The highest BCUT2D eigenvalue weighted by Gasteiger charge is 2.40. The maximum Gasteiger partial charge on any atom is -0.00382 e. The SMILES string of the molecule is [CH]1CCC2(C1)CCc1ccccc12. The van der Waals surface area contributed by atoms with Crippen molar-refractivity contribution in [2.45, 2.75) is 37.5 Å². The Hall–Kier alpha value is -0.780. The van der Waals surface area contributed by atoms with Gasteiger partial charge in [0.2, 0.25) is 0 Å². The molecule has 3 rings (SSSR count). The highest BCUT2D eigenvalue weighted by atomic mass is 14.4. The molecule has 1 aromatic carbocycles. The molecule has 67 valence electrons. The molecule has 0 aliphatic heterocycles. The fourth-order valence-corrected chi connectivity index (χ4v) is 3.09. The number of hydrogen-bond acceptors (Lipinski definition) is 0. The Labute approximate surface area is 80.0 Å². The molecule has 1 radical (unpaired) electrons. The van der Waals surface area contributed by atoms with Crippen molar-refractivity contribution >= 4 is 0 Å². The van der Waals surface area contributed by atoms with Crippen molar-refractivity contribution in [1.29, 1.82) is 0 Å². The fraction of sp³-hybridized carbons (Fsp3) is 0.462. The molecule has 13 heavy (non-hydrogen) atoms. The predicted molar refractivity (Wildman–Crippen MR) is 54.6 cm³/mol. The quantitative estimate of drug-likeness (QED) is 0.562. The van der Waals surface area contributed by atoms with Gasteiger partial charge in [0, 0.05) is 0 Å². The van der Waals surface area contributed by atoms with Gasteiger partial charge in [-0.25, -0.2) is 0 Å². The lowest BCUT2D eigenvalue weighted by atomic mass is 9.80. The predicted octanol–water partition coefficient (Wildman–Crippen LogP) is 3.26. The van der Waals surface area contributed by atoms with Gasteiger partial charge in [0.25, 0.3) is 0 Å². The van der Waals surface area contributed by atoms with Crippen LogP contribution < -0.4 is 0 Å². The third-order valence-corrected chi connectivity index (χ3v) is 3.82. The van der Waals surface area contributed by atoms with E-state index >= 15 is 0 Å². The van der Waals surface area contributed by atoms with Gasteiger partial charge in [0.05, 0.1) is 0 Å². The second-order valence-corrected chi connectivity index (χ2v) is 4.47. The first kappa shape index (κ1) is 7.61. The zero-order valence-corrected chi connectivity index (χ0v) is 7.92. The average Bonchev–Trinajstić information content (AvgIpc) is 2.78. The van der Waals surface area contributed by atoms with E-state index in [0.717, 1.165) is 0 Å². The van der Waals surface area contributed by atoms with Gasteiger partial charge < -0.3 is 0 Å². The van der Waals surface area contributed by atoms with E-state index in [1.807, 2.05) is 0 Å². The number of fused-ring (bicyclic) bond motifs is 2. The van der Waals surface area contributed by atoms with Crippen LogP contribution in [0.4, 0.5) is 0 Å². The van der Waals surface area contributed by atoms with Crippen molar-refractivity contribution < 1.29 is 0 Å². The summed E-state index contributed by atoms with van der Waals surface area (Å²) in [5.74, 6) is 0. The van der Waals surface area contributed by atoms with E-state index in [9.17, 15) is 0 Å². The van der Waals surface area contributed by atoms with Crippen molar-refractivity contribution in [3.05, 3.63) is 41.8 Å². The van der Waals surface area contributed by atoms with Crippen LogP contribution in [0.25, 0.3) is 0 Å². The Balaban J connectivity index is 2.11. The van der Waals surface area contributed by atoms with E-state index in [4.69, 9.17) is 0 Å². The molecule has 0 bridgehead atoms. The second kappa shape index (κ2) is 2.60. The molecule has 0 heteroatoms. The summed E-state index contributed by atoms with van der Waals surface area (Å²) in [4.78, 5) is 0. The normalized spacial score (nSPS) is 23.7. The van der Waals surface area contributed by atoms with E-state index in [2.05, 4.69) is 30.7 Å². The van der Waals surface area contributed by atoms with E-state index in [0.29, 0.717) is 5.41 Å². The van der Waals surface area contributed by atoms with Gasteiger partial charge in [-0.15, -0.1) is 0 Å². The van der Waals surface area contributed by atoms with Crippen LogP contribution in [0.3, 0.4) is 0 Å². The molecule has 2 aliphatic carbocycles. The van der Waals surface area contributed by atoms with Crippen LogP contribution in [-0.4, -0.2) is 0 Å². The molecular weight excluding hydrogens is 156 g/mol. The molecule has 0 saturated heterocycles. The van der Waals surface area contributed by atoms with Gasteiger partial charge in [-0.05, 0) is 55.1 Å². The molecule has 1 spiro atoms. The summed E-state index contributed by atoms with van der Waals surface area (Å²) in [6, 6.07) is 9.03. The summed E-state index contributed by atoms with van der Waals surface area (Å²) in [7, 11) is 0. The molecule has 1 atom stereocenters. The highest BCUT2D eigenvalue weighted by molar-refractivity contribution is 5.40. The summed E-state index contributed by atoms with van der Waals surface area (Å²) < 4.78 is 0. The Morgan fingerprint density at radius 2 is 2.00 bits per heavy atom. The van der Waals surface area contributed by atoms with E-state index in [1.165, 1.54) is 32.1 Å². The topological polar surface area (TPSA) is 0 Å². The van der Waals surface area contributed by atoms with Gasteiger partial charge in [-0.3, -0.25) is 0 Å². The molecule has 0 amide bonds. The summed E-state index contributed by atoms with van der Waals surface area (Å²) in [6.45, 7) is 0. The van der Waals surface area contributed by atoms with Gasteiger partial charge in [-0.2, -0.15) is 0 Å². The number of benzene rings is 1. The van der Waals surface area contributed by atoms with Crippen LogP contribution in [0.1, 0.15) is 36.8 Å². The van der Waals surface area contributed by atoms with Crippen LogP contribution in [0.2, 0.25) is 0 Å². The van der Waals surface area contributed by atoms with Crippen molar-refractivity contribution in [2.75, 3.05) is 0 Å². The van der Waals surface area contributed by atoms with E-state index < -0.39 is 0 Å². The molecule has 1 unspecified atom stereocenters. The lowest BCUT2D eigenvalue weighted by molar-refractivity contribution is 0.445. The van der Waals surface area contributed by atoms with Crippen LogP contribution in [-0.2, 0) is 11.8 Å². The molecule has 1 fully saturated rings. The van der Waals surface area contributed by atoms with Gasteiger partial charge in [0.1, 0.15) is 0 Å². The summed E-state index contributed by atoms with van der Waals surface area (Å²) in [6.07, 6.45) is 9.22. The first-order valence-electron chi connectivity index (χ1n) is 5.31. The van der Waals surface area contributed by atoms with Crippen molar-refractivity contribution in [1.82, 2.24) is 0 Å². The molecule has 1 aromatic rings. The maximum atomic E-state index is 2.47. The molecule has 0 N–H and O–H groups in total. The third-order valence-electron chi connectivity index (χ3n) is 3.82. The number of aryl methyl sites for hydroxylation is 1. The number of rotatable bonds is 0. The zero-order valence-electron chi connectivity index (χ0n) is 7.92. The monoisotopic (exact) mass is 171 g/mol. The Kier molecular flexibility index (Phi) is 1.52. The first-order valence-corrected chi connectivity index (χ1v) is 5.31. The summed E-state index contributed by atoms with van der Waals surface area (Å²) in [5.41, 5.74) is 3.83. The average molecular weight is 171 g/mol. The van der Waals surface area contributed by atoms with Gasteiger partial charge >= 0.3 is 0 Å². The zero-order chi connectivity index (χ0) is 8.73. The smallest absolute Gasteiger partial charge is 0.00382 e. The van der Waals surface area contributed by atoms with E-state index in [-0.39, 0.29) is 0 Å². The minimum Gasteiger partial charge on any atom is -0.0620 e. The van der Waals surface area contributed by atoms with E-state index in [1.54, 1.807) is 11.1 Å². The molecular formula is C13H15. The molecule has 0 nitrogen and oxygen atoms in total. The summed E-state index contributed by atoms with van der Waals surface area (Å²) >= 11 is 0. The number of hydrogen-bond donors (Lipinski definition) is 0. The second-order valence-electron chi connectivity index (χ2n) is 4.47. The molecule has 1 saturated carbocycles. The molecule has 2 aliphatic rings. The minimum absolute atomic E-state index is 0.566. The van der Waals surface area contributed by atoms with Crippen molar-refractivity contribution in [3.63, 3.8) is 0 Å². The Morgan fingerprint density at radius 1 is 1.08 bits per heavy atom. The minimum atomic E-state index is 0.566. The Morgan fingerprint density at radius 3 is 2.85 bits per heavy atom. The van der Waals surface area contributed by atoms with Crippen molar-refractivity contribution in [2.24, 2.45) is 0 Å². The van der Waals surface area contributed by atoms with Crippen LogP contribution in [0.15, 0.2) is 24.3 Å². The van der Waals surface area contributed by atoms with Crippen LogP contribution >= 0.6 is 0 Å². The standard InChI is InChI=1S/C13H15/c1-2-6-12-11(5-1)7-10-13(12)8-3-4-9-13/h1-3,5-6H,4,7-10H2. The molecule has 0 heterocycles. The fourth-order valence-electron chi connectivity index (χ4n) is 3.09. The van der Waals surface area contributed by atoms with Crippen LogP contribution in [0, 0.1) is 6.42 Å². The molecule has 0 aromatic heterocycles. The Bertz CT molecular complexity index is 319. The van der Waals surface area contributed by atoms with Crippen LogP contribution in [0.5, 0.6) is 0 Å². The lowest BCUT2D eigenvalue weighted by Gasteiger charge is -2.23. The maximum absolute atomic E-state index is 2.47. The van der Waals surface area contributed by atoms with Gasteiger partial charge in [0.15, 0.2) is 0 Å². The lowest BCUT2D eigenvalue weighted by Crippen LogP contribution is -2.17. The first-order chi connectivity index (χ1) is 6.41. The summed E-state index contributed by atoms with van der Waals surface area (Å²) in [5, 5.41) is 0. The highest BCUT2D eigenvalue weighted by Crippen LogP contribution is 2.49. The largest absolute Gasteiger partial charge is 0.0620 e.